The second-order valence-electron chi connectivity index (χ2n) is 3.67. The van der Waals surface area contributed by atoms with Gasteiger partial charge in [0.2, 0.25) is 0 Å². The summed E-state index contributed by atoms with van der Waals surface area (Å²) in [5, 5.41) is 1.89. The van der Waals surface area contributed by atoms with Gasteiger partial charge in [-0.15, -0.1) is 11.3 Å². The number of nitrogens with zero attached hydrogens (tertiary/aromatic N) is 1. The molecule has 82 valence electrons. The molecular formula is C10H13BrN2OS. The highest BCUT2D eigenvalue weighted by atomic mass is 79.9. The zero-order valence-electron chi connectivity index (χ0n) is 8.28. The molecule has 1 unspecified atom stereocenters. The molecule has 2 rings (SSSR count). The van der Waals surface area contributed by atoms with E-state index in [0.717, 1.165) is 28.7 Å². The third-order valence-electron chi connectivity index (χ3n) is 2.72. The monoisotopic (exact) mass is 288 g/mol. The first-order chi connectivity index (χ1) is 7.22. The molecule has 2 heterocycles. The Labute approximate surface area is 101 Å². The molecule has 1 aromatic heterocycles. The standard InChI is InChI=1S/C10H13BrN2OS/c11-9-4-7(6-15-9)10(14)13-3-1-2-8(13)5-12/h4,6,8H,1-3,5,12H2. The molecule has 1 atom stereocenters. The highest BCUT2D eigenvalue weighted by Crippen LogP contribution is 2.24. The van der Waals surface area contributed by atoms with Gasteiger partial charge in [-0.25, -0.2) is 0 Å². The second kappa shape index (κ2) is 4.63. The number of carbonyl (C=O) groups excluding carboxylic acids is 1. The van der Waals surface area contributed by atoms with Crippen LogP contribution in [0.15, 0.2) is 15.2 Å². The van der Waals surface area contributed by atoms with Crippen LogP contribution >= 0.6 is 27.3 Å². The Bertz CT molecular complexity index is 366. The molecular weight excluding hydrogens is 276 g/mol. The Kier molecular flexibility index (Phi) is 3.43. The van der Waals surface area contributed by atoms with Gasteiger partial charge in [0.05, 0.1) is 9.35 Å². The highest BCUT2D eigenvalue weighted by Gasteiger charge is 2.28. The first-order valence-electron chi connectivity index (χ1n) is 4.97. The third kappa shape index (κ3) is 2.24. The van der Waals surface area contributed by atoms with Crippen molar-refractivity contribution in [3.63, 3.8) is 0 Å². The molecule has 0 radical (unpaired) electrons. The lowest BCUT2D eigenvalue weighted by Gasteiger charge is -2.22. The molecule has 5 heteroatoms. The summed E-state index contributed by atoms with van der Waals surface area (Å²) in [6, 6.07) is 2.11. The number of nitrogens with two attached hydrogens (primary N) is 1. The molecule has 0 spiro atoms. The molecule has 0 aliphatic carbocycles. The maximum atomic E-state index is 12.1. The molecule has 2 N–H and O–H groups in total. The molecule has 3 nitrogen and oxygen atoms in total. The van der Waals surface area contributed by atoms with Crippen molar-refractivity contribution in [2.75, 3.05) is 13.1 Å². The topological polar surface area (TPSA) is 46.3 Å². The number of likely N-dealkylation sites (tertiary alicyclic amines) is 1. The van der Waals surface area contributed by atoms with E-state index < -0.39 is 0 Å². The minimum absolute atomic E-state index is 0.116. The van der Waals surface area contributed by atoms with Crippen molar-refractivity contribution in [2.24, 2.45) is 5.73 Å². The van der Waals surface area contributed by atoms with E-state index in [1.54, 1.807) is 0 Å². The maximum absolute atomic E-state index is 12.1. The zero-order valence-corrected chi connectivity index (χ0v) is 10.7. The fourth-order valence-electron chi connectivity index (χ4n) is 1.94. The van der Waals surface area contributed by atoms with Gasteiger partial charge in [-0.05, 0) is 34.8 Å². The van der Waals surface area contributed by atoms with Crippen molar-refractivity contribution in [3.8, 4) is 0 Å². The SMILES string of the molecule is NCC1CCCN1C(=O)c1csc(Br)c1. The Morgan fingerprint density at radius 2 is 2.53 bits per heavy atom. The summed E-state index contributed by atoms with van der Waals surface area (Å²) in [5.74, 6) is 0.116. The molecule has 0 bridgehead atoms. The first-order valence-corrected chi connectivity index (χ1v) is 6.64. The van der Waals surface area contributed by atoms with Gasteiger partial charge in [0.15, 0.2) is 0 Å². The summed E-state index contributed by atoms with van der Waals surface area (Å²) in [4.78, 5) is 14.0. The summed E-state index contributed by atoms with van der Waals surface area (Å²) < 4.78 is 0.995. The van der Waals surface area contributed by atoms with Crippen LogP contribution in [-0.2, 0) is 0 Å². The molecule has 1 fully saturated rings. The van der Waals surface area contributed by atoms with Crippen LogP contribution in [0.2, 0.25) is 0 Å². The van der Waals surface area contributed by atoms with E-state index in [1.807, 2.05) is 16.3 Å². The molecule has 15 heavy (non-hydrogen) atoms. The van der Waals surface area contributed by atoms with Crippen molar-refractivity contribution in [3.05, 3.63) is 20.8 Å². The molecule has 1 saturated heterocycles. The summed E-state index contributed by atoms with van der Waals surface area (Å²) in [6.45, 7) is 1.41. The number of amides is 1. The van der Waals surface area contributed by atoms with Crippen LogP contribution in [0, 0.1) is 0 Å². The van der Waals surface area contributed by atoms with Gasteiger partial charge >= 0.3 is 0 Å². The molecule has 0 saturated carbocycles. The lowest BCUT2D eigenvalue weighted by atomic mass is 10.2. The first kappa shape index (κ1) is 11.1. The average Bonchev–Trinajstić information content (AvgIpc) is 2.84. The minimum Gasteiger partial charge on any atom is -0.334 e. The van der Waals surface area contributed by atoms with Crippen molar-refractivity contribution in [2.45, 2.75) is 18.9 Å². The fraction of sp³-hybridized carbons (Fsp3) is 0.500. The van der Waals surface area contributed by atoms with Crippen LogP contribution < -0.4 is 5.73 Å². The quantitative estimate of drug-likeness (QED) is 0.906. The van der Waals surface area contributed by atoms with E-state index in [2.05, 4.69) is 15.9 Å². The Balaban J connectivity index is 2.13. The van der Waals surface area contributed by atoms with Crippen LogP contribution in [-0.4, -0.2) is 29.9 Å². The number of hydrogen-bond acceptors (Lipinski definition) is 3. The molecule has 1 aliphatic rings. The number of halogens is 1. The smallest absolute Gasteiger partial charge is 0.255 e. The van der Waals surface area contributed by atoms with Crippen molar-refractivity contribution < 1.29 is 4.79 Å². The van der Waals surface area contributed by atoms with Crippen molar-refractivity contribution in [1.82, 2.24) is 4.90 Å². The van der Waals surface area contributed by atoms with E-state index in [4.69, 9.17) is 5.73 Å². The Morgan fingerprint density at radius 3 is 3.13 bits per heavy atom. The van der Waals surface area contributed by atoms with E-state index in [9.17, 15) is 4.79 Å². The van der Waals surface area contributed by atoms with Crippen molar-refractivity contribution >= 4 is 33.2 Å². The summed E-state index contributed by atoms with van der Waals surface area (Å²) in [6.07, 6.45) is 2.10. The summed E-state index contributed by atoms with van der Waals surface area (Å²) in [7, 11) is 0. The third-order valence-corrected chi connectivity index (χ3v) is 4.23. The van der Waals surface area contributed by atoms with Gasteiger partial charge in [-0.1, -0.05) is 0 Å². The maximum Gasteiger partial charge on any atom is 0.255 e. The number of thiophene rings is 1. The molecule has 1 aliphatic heterocycles. The largest absolute Gasteiger partial charge is 0.334 e. The number of carbonyl (C=O) groups is 1. The van der Waals surface area contributed by atoms with Crippen LogP contribution in [0.25, 0.3) is 0 Å². The van der Waals surface area contributed by atoms with Gasteiger partial charge in [-0.2, -0.15) is 0 Å². The van der Waals surface area contributed by atoms with Crippen LogP contribution in [0.1, 0.15) is 23.2 Å². The number of hydrogen-bond donors (Lipinski definition) is 1. The van der Waals surface area contributed by atoms with Gasteiger partial charge in [-0.3, -0.25) is 4.79 Å². The van der Waals surface area contributed by atoms with E-state index in [0.29, 0.717) is 6.54 Å². The second-order valence-corrected chi connectivity index (χ2v) is 5.96. The predicted molar refractivity (Wildman–Crippen MR) is 65.1 cm³/mol. The fourth-order valence-corrected chi connectivity index (χ4v) is 3.07. The lowest BCUT2D eigenvalue weighted by Crippen LogP contribution is -2.39. The van der Waals surface area contributed by atoms with E-state index >= 15 is 0 Å². The van der Waals surface area contributed by atoms with Crippen LogP contribution in [0.4, 0.5) is 0 Å². The van der Waals surface area contributed by atoms with E-state index in [1.165, 1.54) is 11.3 Å². The number of rotatable bonds is 2. The average molecular weight is 289 g/mol. The van der Waals surface area contributed by atoms with E-state index in [-0.39, 0.29) is 11.9 Å². The lowest BCUT2D eigenvalue weighted by molar-refractivity contribution is 0.0741. The summed E-state index contributed by atoms with van der Waals surface area (Å²) in [5.41, 5.74) is 6.42. The van der Waals surface area contributed by atoms with Gasteiger partial charge in [0.25, 0.3) is 5.91 Å². The normalized spacial score (nSPS) is 20.9. The molecule has 0 aromatic carbocycles. The van der Waals surface area contributed by atoms with Crippen LogP contribution in [0.3, 0.4) is 0 Å². The zero-order chi connectivity index (χ0) is 10.8. The Hall–Kier alpha value is -0.390. The summed E-state index contributed by atoms with van der Waals surface area (Å²) >= 11 is 4.90. The molecule has 1 aromatic rings. The van der Waals surface area contributed by atoms with Gasteiger partial charge < -0.3 is 10.6 Å². The predicted octanol–water partition coefficient (Wildman–Crippen LogP) is 2.07. The van der Waals surface area contributed by atoms with Gasteiger partial charge in [0, 0.05) is 24.5 Å². The highest BCUT2D eigenvalue weighted by molar-refractivity contribution is 9.11. The Morgan fingerprint density at radius 1 is 1.73 bits per heavy atom. The molecule has 1 amide bonds. The van der Waals surface area contributed by atoms with Gasteiger partial charge in [0.1, 0.15) is 0 Å². The minimum atomic E-state index is 0.116. The van der Waals surface area contributed by atoms with Crippen LogP contribution in [0.5, 0.6) is 0 Å². The van der Waals surface area contributed by atoms with Crippen molar-refractivity contribution in [1.29, 1.82) is 0 Å².